The Labute approximate surface area is 115 Å². The second-order valence-corrected chi connectivity index (χ2v) is 5.19. The molecule has 4 heteroatoms. The molecule has 2 N–H and O–H groups in total. The summed E-state index contributed by atoms with van der Waals surface area (Å²) in [7, 11) is 0. The van der Waals surface area contributed by atoms with E-state index >= 15 is 0 Å². The van der Waals surface area contributed by atoms with Crippen LogP contribution in [0.4, 0.5) is 0 Å². The highest BCUT2D eigenvalue weighted by Crippen LogP contribution is 2.31. The van der Waals surface area contributed by atoms with Gasteiger partial charge in [-0.05, 0) is 33.8 Å². The minimum atomic E-state index is -0.153. The van der Waals surface area contributed by atoms with Crippen molar-refractivity contribution in [1.29, 1.82) is 0 Å². The second-order valence-electron chi connectivity index (χ2n) is 5.19. The Kier molecular flexibility index (Phi) is 6.12. The summed E-state index contributed by atoms with van der Waals surface area (Å²) in [6, 6.07) is 5.76. The summed E-state index contributed by atoms with van der Waals surface area (Å²) in [5.74, 6) is 1.46. The number of benzene rings is 1. The van der Waals surface area contributed by atoms with Gasteiger partial charge in [-0.3, -0.25) is 0 Å². The van der Waals surface area contributed by atoms with E-state index in [0.717, 1.165) is 17.1 Å². The molecule has 0 aliphatic heterocycles. The number of para-hydroxylation sites is 1. The van der Waals surface area contributed by atoms with Crippen LogP contribution in [0.2, 0.25) is 0 Å². The van der Waals surface area contributed by atoms with Crippen LogP contribution in [0.3, 0.4) is 0 Å². The molecule has 0 aromatic heterocycles. The van der Waals surface area contributed by atoms with Gasteiger partial charge in [-0.2, -0.15) is 0 Å². The molecule has 0 atom stereocenters. The van der Waals surface area contributed by atoms with E-state index in [-0.39, 0.29) is 5.60 Å². The van der Waals surface area contributed by atoms with Gasteiger partial charge in [-0.25, -0.2) is 0 Å². The third-order valence-corrected chi connectivity index (χ3v) is 2.45. The first kappa shape index (κ1) is 15.8. The van der Waals surface area contributed by atoms with Gasteiger partial charge in [-0.15, -0.1) is 0 Å². The van der Waals surface area contributed by atoms with E-state index in [1.807, 2.05) is 45.9 Å². The molecule has 0 amide bonds. The van der Waals surface area contributed by atoms with Gasteiger partial charge < -0.3 is 19.9 Å². The molecular formula is C15H25NO3. The van der Waals surface area contributed by atoms with Crippen molar-refractivity contribution < 1.29 is 14.2 Å². The Hall–Kier alpha value is -1.26. The molecule has 1 aromatic carbocycles. The summed E-state index contributed by atoms with van der Waals surface area (Å²) in [6.45, 7) is 10.1. The van der Waals surface area contributed by atoms with Gasteiger partial charge >= 0.3 is 0 Å². The number of rotatable bonds is 7. The third-order valence-electron chi connectivity index (χ3n) is 2.45. The van der Waals surface area contributed by atoms with E-state index in [1.165, 1.54) is 0 Å². The fourth-order valence-electron chi connectivity index (χ4n) is 1.65. The highest BCUT2D eigenvalue weighted by molar-refractivity contribution is 5.46. The van der Waals surface area contributed by atoms with Crippen LogP contribution in [0.15, 0.2) is 18.2 Å². The summed E-state index contributed by atoms with van der Waals surface area (Å²) < 4.78 is 17.0. The van der Waals surface area contributed by atoms with E-state index in [0.29, 0.717) is 26.4 Å². The van der Waals surface area contributed by atoms with Crippen molar-refractivity contribution >= 4 is 0 Å². The molecule has 1 rings (SSSR count). The molecule has 0 radical (unpaired) electrons. The topological polar surface area (TPSA) is 53.7 Å². The SMILES string of the molecule is CCOc1cccc(CN)c1OCCOC(C)(C)C. The lowest BCUT2D eigenvalue weighted by atomic mass is 10.2. The predicted octanol–water partition coefficient (Wildman–Crippen LogP) is 2.74. The zero-order chi connectivity index (χ0) is 14.3. The first-order valence-electron chi connectivity index (χ1n) is 6.69. The molecule has 19 heavy (non-hydrogen) atoms. The first-order chi connectivity index (χ1) is 8.98. The summed E-state index contributed by atoms with van der Waals surface area (Å²) in [5.41, 5.74) is 6.52. The van der Waals surface area contributed by atoms with Crippen molar-refractivity contribution in [2.75, 3.05) is 19.8 Å². The molecule has 0 fully saturated rings. The van der Waals surface area contributed by atoms with Crippen LogP contribution in [0.1, 0.15) is 33.3 Å². The molecule has 0 aliphatic carbocycles. The third kappa shape index (κ3) is 5.49. The second kappa shape index (κ2) is 7.36. The zero-order valence-electron chi connectivity index (χ0n) is 12.4. The van der Waals surface area contributed by atoms with Gasteiger partial charge in [-0.1, -0.05) is 12.1 Å². The van der Waals surface area contributed by atoms with Gasteiger partial charge in [0.15, 0.2) is 11.5 Å². The van der Waals surface area contributed by atoms with Crippen LogP contribution in [-0.4, -0.2) is 25.4 Å². The Bertz CT molecular complexity index is 385. The largest absolute Gasteiger partial charge is 0.490 e. The first-order valence-corrected chi connectivity index (χ1v) is 6.69. The summed E-state index contributed by atoms with van der Waals surface area (Å²) in [6.07, 6.45) is 0. The minimum absolute atomic E-state index is 0.153. The van der Waals surface area contributed by atoms with Gasteiger partial charge in [0.2, 0.25) is 0 Å². The normalized spacial score (nSPS) is 11.4. The van der Waals surface area contributed by atoms with Crippen molar-refractivity contribution in [1.82, 2.24) is 0 Å². The minimum Gasteiger partial charge on any atom is -0.490 e. The molecule has 0 bridgehead atoms. The molecule has 4 nitrogen and oxygen atoms in total. The lowest BCUT2D eigenvalue weighted by molar-refractivity contribution is -0.0166. The standard InChI is InChI=1S/C15H25NO3/c1-5-17-13-8-6-7-12(11-16)14(13)18-9-10-19-15(2,3)4/h6-8H,5,9-11,16H2,1-4H3. The van der Waals surface area contributed by atoms with Crippen molar-refractivity contribution in [3.8, 4) is 11.5 Å². The maximum Gasteiger partial charge on any atom is 0.165 e. The fourth-order valence-corrected chi connectivity index (χ4v) is 1.65. The van der Waals surface area contributed by atoms with E-state index < -0.39 is 0 Å². The van der Waals surface area contributed by atoms with Crippen LogP contribution in [0, 0.1) is 0 Å². The summed E-state index contributed by atoms with van der Waals surface area (Å²) in [4.78, 5) is 0. The Balaban J connectivity index is 2.64. The molecule has 1 aromatic rings. The Morgan fingerprint density at radius 1 is 1.11 bits per heavy atom. The van der Waals surface area contributed by atoms with Crippen LogP contribution in [0.25, 0.3) is 0 Å². The monoisotopic (exact) mass is 267 g/mol. The van der Waals surface area contributed by atoms with Crippen molar-refractivity contribution in [3.63, 3.8) is 0 Å². The van der Waals surface area contributed by atoms with E-state index in [1.54, 1.807) is 0 Å². The molecule has 0 spiro atoms. The molecule has 108 valence electrons. The highest BCUT2D eigenvalue weighted by Gasteiger charge is 2.12. The Morgan fingerprint density at radius 2 is 1.84 bits per heavy atom. The van der Waals surface area contributed by atoms with Gasteiger partial charge in [0.25, 0.3) is 0 Å². The van der Waals surface area contributed by atoms with Crippen LogP contribution < -0.4 is 15.2 Å². The van der Waals surface area contributed by atoms with Gasteiger partial charge in [0.1, 0.15) is 6.61 Å². The highest BCUT2D eigenvalue weighted by atomic mass is 16.5. The van der Waals surface area contributed by atoms with Crippen LogP contribution >= 0.6 is 0 Å². The average molecular weight is 267 g/mol. The fraction of sp³-hybridized carbons (Fsp3) is 0.600. The lowest BCUT2D eigenvalue weighted by Gasteiger charge is -2.20. The van der Waals surface area contributed by atoms with E-state index in [4.69, 9.17) is 19.9 Å². The zero-order valence-corrected chi connectivity index (χ0v) is 12.4. The molecular weight excluding hydrogens is 242 g/mol. The Morgan fingerprint density at radius 3 is 2.42 bits per heavy atom. The lowest BCUT2D eigenvalue weighted by Crippen LogP contribution is -2.22. The molecule has 0 saturated carbocycles. The van der Waals surface area contributed by atoms with Crippen molar-refractivity contribution in [3.05, 3.63) is 23.8 Å². The van der Waals surface area contributed by atoms with Crippen LogP contribution in [-0.2, 0) is 11.3 Å². The number of nitrogens with two attached hydrogens (primary N) is 1. The number of ether oxygens (including phenoxy) is 3. The van der Waals surface area contributed by atoms with Gasteiger partial charge in [0, 0.05) is 12.1 Å². The molecule has 0 saturated heterocycles. The quantitative estimate of drug-likeness (QED) is 0.772. The van der Waals surface area contributed by atoms with Crippen molar-refractivity contribution in [2.45, 2.75) is 39.8 Å². The maximum absolute atomic E-state index is 5.78. The molecule has 0 heterocycles. The number of hydrogen-bond donors (Lipinski definition) is 1. The molecule has 0 aliphatic rings. The van der Waals surface area contributed by atoms with Crippen LogP contribution in [0.5, 0.6) is 11.5 Å². The van der Waals surface area contributed by atoms with Gasteiger partial charge in [0.05, 0.1) is 18.8 Å². The average Bonchev–Trinajstić information content (AvgIpc) is 2.35. The molecule has 0 unspecified atom stereocenters. The van der Waals surface area contributed by atoms with Crippen molar-refractivity contribution in [2.24, 2.45) is 5.73 Å². The van der Waals surface area contributed by atoms with E-state index in [9.17, 15) is 0 Å². The number of hydrogen-bond acceptors (Lipinski definition) is 4. The predicted molar refractivity (Wildman–Crippen MR) is 76.7 cm³/mol. The summed E-state index contributed by atoms with van der Waals surface area (Å²) >= 11 is 0. The summed E-state index contributed by atoms with van der Waals surface area (Å²) in [5, 5.41) is 0. The smallest absolute Gasteiger partial charge is 0.165 e. The maximum atomic E-state index is 5.78. The van der Waals surface area contributed by atoms with E-state index in [2.05, 4.69) is 0 Å².